The molecule has 142 valence electrons. The minimum atomic E-state index is -3.73. The van der Waals surface area contributed by atoms with Crippen LogP contribution in [0.4, 0.5) is 4.39 Å². The number of ether oxygens (including phenoxy) is 1. The molecule has 0 bridgehead atoms. The van der Waals surface area contributed by atoms with Gasteiger partial charge in [-0.3, -0.25) is 9.78 Å². The molecule has 1 fully saturated rings. The van der Waals surface area contributed by atoms with Crippen molar-refractivity contribution >= 4 is 15.9 Å². The maximum absolute atomic E-state index is 13.0. The van der Waals surface area contributed by atoms with Crippen LogP contribution < -0.4 is 4.74 Å². The summed E-state index contributed by atoms with van der Waals surface area (Å²) in [6.45, 7) is 1.53. The van der Waals surface area contributed by atoms with E-state index in [1.165, 1.54) is 28.6 Å². The lowest BCUT2D eigenvalue weighted by molar-refractivity contribution is 0.0628. The number of carbonyl (C=O) groups is 1. The average Bonchev–Trinajstić information content (AvgIpc) is 2.96. The normalized spacial score (nSPS) is 19.7. The van der Waals surface area contributed by atoms with Crippen molar-refractivity contribution in [3.8, 4) is 5.75 Å². The van der Waals surface area contributed by atoms with Gasteiger partial charge >= 0.3 is 0 Å². The Balaban J connectivity index is 1.62. The monoisotopic (exact) mass is 391 g/mol. The van der Waals surface area contributed by atoms with E-state index in [9.17, 15) is 17.6 Å². The van der Waals surface area contributed by atoms with E-state index in [0.717, 1.165) is 5.56 Å². The predicted octanol–water partition coefficient (Wildman–Crippen LogP) is 1.90. The van der Waals surface area contributed by atoms with Gasteiger partial charge in [0.15, 0.2) is 0 Å². The molecule has 1 amide bonds. The molecule has 0 spiro atoms. The van der Waals surface area contributed by atoms with Crippen molar-refractivity contribution in [3.05, 3.63) is 53.3 Å². The first-order valence-corrected chi connectivity index (χ1v) is 9.93. The number of piperazine rings is 1. The third kappa shape index (κ3) is 2.87. The molecule has 2 aromatic rings. The van der Waals surface area contributed by atoms with E-state index in [-0.39, 0.29) is 35.7 Å². The number of hydrogen-bond acceptors (Lipinski definition) is 5. The van der Waals surface area contributed by atoms with Gasteiger partial charge in [-0.2, -0.15) is 4.31 Å². The first kappa shape index (κ1) is 17.9. The molecule has 9 heteroatoms. The summed E-state index contributed by atoms with van der Waals surface area (Å²) in [5.41, 5.74) is 2.05. The quantitative estimate of drug-likeness (QED) is 0.795. The number of halogens is 1. The van der Waals surface area contributed by atoms with Gasteiger partial charge in [-0.1, -0.05) is 0 Å². The zero-order valence-electron chi connectivity index (χ0n) is 14.6. The van der Waals surface area contributed by atoms with Gasteiger partial charge in [-0.25, -0.2) is 12.8 Å². The number of rotatable bonds is 4. The predicted molar refractivity (Wildman–Crippen MR) is 94.6 cm³/mol. The Morgan fingerprint density at radius 3 is 2.67 bits per heavy atom. The average molecular weight is 391 g/mol. The number of hydrogen-bond donors (Lipinski definition) is 0. The molecule has 3 heterocycles. The molecule has 1 atom stereocenters. The Labute approximate surface area is 156 Å². The number of carbonyl (C=O) groups excluding carboxylic acids is 1. The van der Waals surface area contributed by atoms with Crippen molar-refractivity contribution in [1.29, 1.82) is 0 Å². The number of sulfonamides is 1. The zero-order chi connectivity index (χ0) is 19.2. The number of pyridine rings is 1. The summed E-state index contributed by atoms with van der Waals surface area (Å²) < 4.78 is 44.3. The van der Waals surface area contributed by atoms with Crippen LogP contribution in [0.15, 0.2) is 41.4 Å². The minimum Gasteiger partial charge on any atom is -0.463 e. The van der Waals surface area contributed by atoms with E-state index < -0.39 is 16.9 Å². The van der Waals surface area contributed by atoms with Gasteiger partial charge in [0.05, 0.1) is 22.2 Å². The number of nitrogens with zero attached hydrogens (tertiary/aromatic N) is 3. The standard InChI is InChI=1S/C18H18FN3O4S/c1-12-17-15(6-7-20-12)16-10-21(8-9-22(16)18(17)23)27(24,25)14-4-2-13(3-5-14)26-11-19/h2-7,16H,8-11H2,1H3. The van der Waals surface area contributed by atoms with Crippen LogP contribution in [0.25, 0.3) is 0 Å². The van der Waals surface area contributed by atoms with Crippen molar-refractivity contribution in [2.24, 2.45) is 0 Å². The van der Waals surface area contributed by atoms with E-state index in [4.69, 9.17) is 4.74 Å². The van der Waals surface area contributed by atoms with Crippen LogP contribution in [-0.4, -0.2) is 55.0 Å². The third-order valence-corrected chi connectivity index (χ3v) is 6.91. The second-order valence-corrected chi connectivity index (χ2v) is 8.40. The molecule has 4 rings (SSSR count). The Kier molecular flexibility index (Phi) is 4.35. The molecule has 0 aliphatic carbocycles. The molecule has 7 nitrogen and oxygen atoms in total. The SMILES string of the molecule is Cc1nccc2c1C(=O)N1CCN(S(=O)(=O)c3ccc(OCF)cc3)CC21. The van der Waals surface area contributed by atoms with E-state index in [1.807, 2.05) is 0 Å². The fourth-order valence-electron chi connectivity index (χ4n) is 3.69. The molecular weight excluding hydrogens is 373 g/mol. The first-order chi connectivity index (χ1) is 12.9. The second kappa shape index (κ2) is 6.58. The van der Waals surface area contributed by atoms with Crippen LogP contribution in [0.1, 0.15) is 27.7 Å². The van der Waals surface area contributed by atoms with Crippen LogP contribution >= 0.6 is 0 Å². The van der Waals surface area contributed by atoms with Crippen molar-refractivity contribution in [2.45, 2.75) is 17.9 Å². The fourth-order valence-corrected chi connectivity index (χ4v) is 5.13. The summed E-state index contributed by atoms with van der Waals surface area (Å²) in [5, 5.41) is 0. The van der Waals surface area contributed by atoms with Gasteiger partial charge in [-0.05, 0) is 42.8 Å². The smallest absolute Gasteiger partial charge is 0.256 e. The molecule has 0 saturated carbocycles. The highest BCUT2D eigenvalue weighted by Crippen LogP contribution is 2.38. The van der Waals surface area contributed by atoms with Crippen molar-refractivity contribution in [3.63, 3.8) is 0 Å². The van der Waals surface area contributed by atoms with Gasteiger partial charge < -0.3 is 9.64 Å². The lowest BCUT2D eigenvalue weighted by atomic mass is 10.0. The fraction of sp³-hybridized carbons (Fsp3) is 0.333. The summed E-state index contributed by atoms with van der Waals surface area (Å²) in [7, 11) is -3.73. The minimum absolute atomic E-state index is 0.0922. The lowest BCUT2D eigenvalue weighted by Crippen LogP contribution is -2.49. The topological polar surface area (TPSA) is 79.8 Å². The maximum atomic E-state index is 13.0. The van der Waals surface area contributed by atoms with Crippen LogP contribution in [0.2, 0.25) is 0 Å². The first-order valence-electron chi connectivity index (χ1n) is 8.49. The highest BCUT2D eigenvalue weighted by Gasteiger charge is 2.44. The second-order valence-electron chi connectivity index (χ2n) is 6.46. The summed E-state index contributed by atoms with van der Waals surface area (Å²) in [5.74, 6) is 0.171. The molecule has 27 heavy (non-hydrogen) atoms. The number of alkyl halides is 1. The number of fused-ring (bicyclic) bond motifs is 3. The van der Waals surface area contributed by atoms with Gasteiger partial charge in [0, 0.05) is 25.8 Å². The van der Waals surface area contributed by atoms with Crippen LogP contribution in [0.3, 0.4) is 0 Å². The van der Waals surface area contributed by atoms with Crippen molar-refractivity contribution in [2.75, 3.05) is 26.5 Å². The summed E-state index contributed by atoms with van der Waals surface area (Å²) in [4.78, 5) is 18.7. The van der Waals surface area contributed by atoms with Crippen molar-refractivity contribution in [1.82, 2.24) is 14.2 Å². The van der Waals surface area contributed by atoms with E-state index in [1.54, 1.807) is 24.1 Å². The zero-order valence-corrected chi connectivity index (χ0v) is 15.4. The van der Waals surface area contributed by atoms with Gasteiger partial charge in [0.2, 0.25) is 16.9 Å². The van der Waals surface area contributed by atoms with Crippen LogP contribution in [-0.2, 0) is 10.0 Å². The van der Waals surface area contributed by atoms with Crippen LogP contribution in [0.5, 0.6) is 5.75 Å². The maximum Gasteiger partial charge on any atom is 0.256 e. The molecule has 0 N–H and O–H groups in total. The molecule has 0 radical (unpaired) electrons. The number of aromatic nitrogens is 1. The summed E-state index contributed by atoms with van der Waals surface area (Å²) in [6, 6.07) is 7.11. The van der Waals surface area contributed by atoms with E-state index in [2.05, 4.69) is 4.98 Å². The molecule has 2 aliphatic heterocycles. The molecule has 1 unspecified atom stereocenters. The van der Waals surface area contributed by atoms with Crippen molar-refractivity contribution < 1.29 is 22.3 Å². The molecule has 1 aromatic heterocycles. The summed E-state index contributed by atoms with van der Waals surface area (Å²) in [6.07, 6.45) is 1.64. The Morgan fingerprint density at radius 1 is 1.22 bits per heavy atom. The Morgan fingerprint density at radius 2 is 1.96 bits per heavy atom. The molecular formula is C18H18FN3O4S. The number of aryl methyl sites for hydroxylation is 1. The molecule has 2 aliphatic rings. The highest BCUT2D eigenvalue weighted by molar-refractivity contribution is 7.89. The van der Waals surface area contributed by atoms with Gasteiger partial charge in [-0.15, -0.1) is 0 Å². The lowest BCUT2D eigenvalue weighted by Gasteiger charge is -2.37. The summed E-state index contributed by atoms with van der Waals surface area (Å²) >= 11 is 0. The Bertz CT molecular complexity index is 994. The largest absolute Gasteiger partial charge is 0.463 e. The van der Waals surface area contributed by atoms with Crippen LogP contribution in [0, 0.1) is 6.92 Å². The Hall–Kier alpha value is -2.52. The van der Waals surface area contributed by atoms with E-state index >= 15 is 0 Å². The third-order valence-electron chi connectivity index (χ3n) is 5.03. The number of amides is 1. The highest BCUT2D eigenvalue weighted by atomic mass is 32.2. The van der Waals surface area contributed by atoms with Gasteiger partial charge in [0.25, 0.3) is 5.91 Å². The van der Waals surface area contributed by atoms with E-state index in [0.29, 0.717) is 17.8 Å². The molecule has 1 aromatic carbocycles. The molecule has 1 saturated heterocycles. The number of benzene rings is 1. The van der Waals surface area contributed by atoms with Gasteiger partial charge in [0.1, 0.15) is 5.75 Å².